The average molecular weight is 286 g/mol. The average Bonchev–Trinajstić information content (AvgIpc) is 2.53. The molecule has 1 aromatic carbocycles. The second-order valence-corrected chi connectivity index (χ2v) is 4.52. The molecule has 1 heterocycles. The molecule has 84 valence electrons. The van der Waals surface area contributed by atoms with Gasteiger partial charge in [0, 0.05) is 17.5 Å². The van der Waals surface area contributed by atoms with Crippen LogP contribution in [0.5, 0.6) is 0 Å². The molecule has 0 atom stereocenters. The molecule has 1 aromatic heterocycles. The molecule has 0 saturated heterocycles. The normalized spacial score (nSPS) is 10.8. The minimum absolute atomic E-state index is 0.261. The molecule has 0 aliphatic heterocycles. The van der Waals surface area contributed by atoms with Gasteiger partial charge in [-0.05, 0) is 48.0 Å². The number of hydrogen-bond acceptors (Lipinski definition) is 0. The van der Waals surface area contributed by atoms with Gasteiger partial charge in [-0.2, -0.15) is 0 Å². The Morgan fingerprint density at radius 3 is 2.12 bits per heavy atom. The molecule has 0 aliphatic carbocycles. The van der Waals surface area contributed by atoms with E-state index in [1.165, 1.54) is 6.07 Å². The molecule has 2 rings (SSSR count). The maximum atomic E-state index is 13.7. The van der Waals surface area contributed by atoms with Crippen LogP contribution in [-0.2, 0) is 0 Å². The SMILES string of the molecule is Cc1ccc(C)n1-c1cc(Br)c(F)cc1F. The van der Waals surface area contributed by atoms with Gasteiger partial charge in [-0.25, -0.2) is 8.78 Å². The van der Waals surface area contributed by atoms with E-state index in [0.29, 0.717) is 5.69 Å². The van der Waals surface area contributed by atoms with Crippen molar-refractivity contribution in [2.24, 2.45) is 0 Å². The first-order chi connectivity index (χ1) is 7.50. The maximum Gasteiger partial charge on any atom is 0.150 e. The van der Waals surface area contributed by atoms with Crippen LogP contribution >= 0.6 is 15.9 Å². The van der Waals surface area contributed by atoms with Gasteiger partial charge in [0.05, 0.1) is 10.2 Å². The molecular formula is C12H10BrF2N. The summed E-state index contributed by atoms with van der Waals surface area (Å²) in [6.07, 6.45) is 0. The zero-order valence-electron chi connectivity index (χ0n) is 8.89. The summed E-state index contributed by atoms with van der Waals surface area (Å²) in [5.41, 5.74) is 2.18. The summed E-state index contributed by atoms with van der Waals surface area (Å²) in [6, 6.07) is 6.13. The van der Waals surface area contributed by atoms with Gasteiger partial charge in [-0.15, -0.1) is 0 Å². The van der Waals surface area contributed by atoms with E-state index in [1.807, 2.05) is 26.0 Å². The number of benzene rings is 1. The van der Waals surface area contributed by atoms with Crippen LogP contribution < -0.4 is 0 Å². The first kappa shape index (κ1) is 11.3. The predicted molar refractivity (Wildman–Crippen MR) is 62.9 cm³/mol. The van der Waals surface area contributed by atoms with Crippen LogP contribution in [0.4, 0.5) is 8.78 Å². The van der Waals surface area contributed by atoms with E-state index in [9.17, 15) is 8.78 Å². The largest absolute Gasteiger partial charge is 0.316 e. The number of aryl methyl sites for hydroxylation is 2. The van der Waals surface area contributed by atoms with Crippen molar-refractivity contribution in [3.63, 3.8) is 0 Å². The Hall–Kier alpha value is -1.16. The van der Waals surface area contributed by atoms with Crippen LogP contribution in [0.3, 0.4) is 0 Å². The van der Waals surface area contributed by atoms with Crippen LogP contribution in [0.25, 0.3) is 5.69 Å². The van der Waals surface area contributed by atoms with Gasteiger partial charge in [-0.1, -0.05) is 0 Å². The molecule has 0 aliphatic rings. The van der Waals surface area contributed by atoms with Gasteiger partial charge < -0.3 is 4.57 Å². The van der Waals surface area contributed by atoms with Crippen molar-refractivity contribution in [3.8, 4) is 5.69 Å². The van der Waals surface area contributed by atoms with Gasteiger partial charge in [0.25, 0.3) is 0 Å². The summed E-state index contributed by atoms with van der Waals surface area (Å²) in [4.78, 5) is 0. The van der Waals surface area contributed by atoms with Crippen LogP contribution in [0.15, 0.2) is 28.7 Å². The number of rotatable bonds is 1. The third-order valence-corrected chi connectivity index (χ3v) is 3.11. The third kappa shape index (κ3) is 1.78. The van der Waals surface area contributed by atoms with Crippen molar-refractivity contribution in [1.29, 1.82) is 0 Å². The van der Waals surface area contributed by atoms with E-state index in [4.69, 9.17) is 0 Å². The number of halogens is 3. The molecule has 0 saturated carbocycles. The summed E-state index contributed by atoms with van der Waals surface area (Å²) in [5, 5.41) is 0. The lowest BCUT2D eigenvalue weighted by Crippen LogP contribution is -2.02. The number of hydrogen-bond donors (Lipinski definition) is 0. The van der Waals surface area contributed by atoms with Crippen molar-refractivity contribution in [3.05, 3.63) is 51.8 Å². The molecule has 0 fully saturated rings. The lowest BCUT2D eigenvalue weighted by Gasteiger charge is -2.11. The molecule has 4 heteroatoms. The Morgan fingerprint density at radius 1 is 1.00 bits per heavy atom. The molecule has 0 bridgehead atoms. The molecule has 0 unspecified atom stereocenters. The molecule has 0 radical (unpaired) electrons. The minimum Gasteiger partial charge on any atom is -0.316 e. The highest BCUT2D eigenvalue weighted by molar-refractivity contribution is 9.10. The standard InChI is InChI=1S/C12H10BrF2N/c1-7-3-4-8(2)16(7)12-5-9(13)10(14)6-11(12)15/h3-6H,1-2H3. The summed E-state index contributed by atoms with van der Waals surface area (Å²) >= 11 is 3.06. The van der Waals surface area contributed by atoms with E-state index in [2.05, 4.69) is 15.9 Å². The fourth-order valence-corrected chi connectivity index (χ4v) is 2.06. The molecule has 2 aromatic rings. The molecular weight excluding hydrogens is 276 g/mol. The van der Waals surface area contributed by atoms with Gasteiger partial charge in [0.2, 0.25) is 0 Å². The zero-order valence-corrected chi connectivity index (χ0v) is 10.5. The van der Waals surface area contributed by atoms with Crippen molar-refractivity contribution in [2.75, 3.05) is 0 Å². The lowest BCUT2D eigenvalue weighted by atomic mass is 10.2. The Bertz CT molecular complexity index is 527. The van der Waals surface area contributed by atoms with Crippen LogP contribution in [0, 0.1) is 25.5 Å². The van der Waals surface area contributed by atoms with Crippen LogP contribution in [-0.4, -0.2) is 4.57 Å². The third-order valence-electron chi connectivity index (χ3n) is 2.50. The lowest BCUT2D eigenvalue weighted by molar-refractivity contribution is 0.572. The molecule has 0 amide bonds. The summed E-state index contributed by atoms with van der Waals surface area (Å²) in [6.45, 7) is 3.76. The van der Waals surface area contributed by atoms with E-state index in [1.54, 1.807) is 4.57 Å². The number of nitrogens with zero attached hydrogens (tertiary/aromatic N) is 1. The van der Waals surface area contributed by atoms with Crippen LogP contribution in [0.1, 0.15) is 11.4 Å². The molecule has 0 spiro atoms. The zero-order chi connectivity index (χ0) is 11.9. The van der Waals surface area contributed by atoms with E-state index in [0.717, 1.165) is 17.5 Å². The molecule has 16 heavy (non-hydrogen) atoms. The highest BCUT2D eigenvalue weighted by Gasteiger charge is 2.12. The second kappa shape index (κ2) is 4.01. The van der Waals surface area contributed by atoms with Gasteiger partial charge in [0.1, 0.15) is 11.6 Å². The summed E-state index contributed by atoms with van der Waals surface area (Å²) < 4.78 is 28.8. The van der Waals surface area contributed by atoms with Crippen molar-refractivity contribution >= 4 is 15.9 Å². The highest BCUT2D eigenvalue weighted by Crippen LogP contribution is 2.25. The van der Waals surface area contributed by atoms with Gasteiger partial charge >= 0.3 is 0 Å². The van der Waals surface area contributed by atoms with Crippen molar-refractivity contribution < 1.29 is 8.78 Å². The van der Waals surface area contributed by atoms with Crippen molar-refractivity contribution in [2.45, 2.75) is 13.8 Å². The van der Waals surface area contributed by atoms with Crippen molar-refractivity contribution in [1.82, 2.24) is 4.57 Å². The Kier molecular flexibility index (Phi) is 2.84. The summed E-state index contributed by atoms with van der Waals surface area (Å²) in [5.74, 6) is -1.16. The quantitative estimate of drug-likeness (QED) is 0.694. The van der Waals surface area contributed by atoms with Gasteiger partial charge in [-0.3, -0.25) is 0 Å². The van der Waals surface area contributed by atoms with Gasteiger partial charge in [0.15, 0.2) is 0 Å². The van der Waals surface area contributed by atoms with E-state index in [-0.39, 0.29) is 4.47 Å². The highest BCUT2D eigenvalue weighted by atomic mass is 79.9. The Morgan fingerprint density at radius 2 is 1.56 bits per heavy atom. The minimum atomic E-state index is -0.594. The Labute approximate surface area is 101 Å². The molecule has 1 nitrogen and oxygen atoms in total. The Balaban J connectivity index is 2.69. The maximum absolute atomic E-state index is 13.7. The van der Waals surface area contributed by atoms with Crippen LogP contribution in [0.2, 0.25) is 0 Å². The predicted octanol–water partition coefficient (Wildman–Crippen LogP) is 4.13. The second-order valence-electron chi connectivity index (χ2n) is 3.67. The smallest absolute Gasteiger partial charge is 0.150 e. The summed E-state index contributed by atoms with van der Waals surface area (Å²) in [7, 11) is 0. The molecule has 0 N–H and O–H groups in total. The number of aromatic nitrogens is 1. The van der Waals surface area contributed by atoms with E-state index >= 15 is 0 Å². The fraction of sp³-hybridized carbons (Fsp3) is 0.167. The topological polar surface area (TPSA) is 4.93 Å². The first-order valence-corrected chi connectivity index (χ1v) is 5.60. The fourth-order valence-electron chi connectivity index (χ4n) is 1.73. The monoisotopic (exact) mass is 285 g/mol. The first-order valence-electron chi connectivity index (χ1n) is 4.80. The van der Waals surface area contributed by atoms with E-state index < -0.39 is 11.6 Å².